The van der Waals surface area contributed by atoms with Gasteiger partial charge in [-0.15, -0.1) is 0 Å². The number of ether oxygens (including phenoxy) is 2. The number of esters is 1. The van der Waals surface area contributed by atoms with Gasteiger partial charge in [-0.25, -0.2) is 24.2 Å². The van der Waals surface area contributed by atoms with Gasteiger partial charge in [0.05, 0.1) is 18.3 Å². The minimum Gasteiger partial charge on any atom is -0.463 e. The number of aromatic nitrogens is 5. The number of rotatable bonds is 4. The maximum atomic E-state index is 12.6. The molecule has 9 heteroatoms. The monoisotopic (exact) mass is 383 g/mol. The molecule has 0 radical (unpaired) electrons. The molecule has 0 saturated carbocycles. The zero-order valence-electron chi connectivity index (χ0n) is 16.1. The van der Waals surface area contributed by atoms with E-state index in [1.165, 1.54) is 28.0 Å². The van der Waals surface area contributed by atoms with E-state index in [-0.39, 0.29) is 6.61 Å². The van der Waals surface area contributed by atoms with Gasteiger partial charge in [0.15, 0.2) is 5.82 Å². The van der Waals surface area contributed by atoms with Crippen molar-refractivity contribution in [3.63, 3.8) is 0 Å². The molecule has 3 heterocycles. The molecule has 0 aliphatic rings. The van der Waals surface area contributed by atoms with Crippen LogP contribution in [0.4, 0.5) is 4.79 Å². The first kappa shape index (κ1) is 19.3. The minimum absolute atomic E-state index is 0.281. The van der Waals surface area contributed by atoms with Crippen LogP contribution in [-0.2, 0) is 14.3 Å². The van der Waals surface area contributed by atoms with Gasteiger partial charge < -0.3 is 9.47 Å². The fourth-order valence-electron chi connectivity index (χ4n) is 2.53. The molecule has 0 saturated heterocycles. The van der Waals surface area contributed by atoms with E-state index in [0.29, 0.717) is 22.3 Å². The summed E-state index contributed by atoms with van der Waals surface area (Å²) in [6, 6.07) is 1.76. The summed E-state index contributed by atoms with van der Waals surface area (Å²) >= 11 is 0. The molecular weight excluding hydrogens is 362 g/mol. The van der Waals surface area contributed by atoms with E-state index in [1.807, 2.05) is 0 Å². The second kappa shape index (κ2) is 7.63. The molecule has 0 atom stereocenters. The van der Waals surface area contributed by atoms with Crippen LogP contribution in [-0.4, -0.2) is 48.6 Å². The SMILES string of the molecule is CCOC(=O)C=Cc1cn(C(=O)OC(C)(C)C)c2cnc(-n3cncn3)cc12. The average Bonchev–Trinajstić information content (AvgIpc) is 3.26. The van der Waals surface area contributed by atoms with Gasteiger partial charge in [0, 0.05) is 23.2 Å². The third kappa shape index (κ3) is 4.25. The Labute approximate surface area is 161 Å². The number of hydrogen-bond acceptors (Lipinski definition) is 7. The van der Waals surface area contributed by atoms with E-state index in [9.17, 15) is 9.59 Å². The minimum atomic E-state index is -0.650. The van der Waals surface area contributed by atoms with Crippen molar-refractivity contribution in [1.29, 1.82) is 0 Å². The highest BCUT2D eigenvalue weighted by molar-refractivity contribution is 5.98. The van der Waals surface area contributed by atoms with Crippen LogP contribution in [0.3, 0.4) is 0 Å². The summed E-state index contributed by atoms with van der Waals surface area (Å²) in [6.07, 6.45) is 8.44. The van der Waals surface area contributed by atoms with E-state index in [0.717, 1.165) is 0 Å². The fraction of sp³-hybridized carbons (Fsp3) is 0.316. The van der Waals surface area contributed by atoms with Crippen LogP contribution in [0.25, 0.3) is 22.8 Å². The molecule has 3 aromatic rings. The van der Waals surface area contributed by atoms with Crippen molar-refractivity contribution in [1.82, 2.24) is 24.3 Å². The summed E-state index contributed by atoms with van der Waals surface area (Å²) in [6.45, 7) is 7.39. The van der Waals surface area contributed by atoms with Gasteiger partial charge in [0.1, 0.15) is 18.3 Å². The van der Waals surface area contributed by atoms with Gasteiger partial charge in [-0.05, 0) is 39.8 Å². The lowest BCUT2D eigenvalue weighted by molar-refractivity contribution is -0.137. The van der Waals surface area contributed by atoms with Crippen molar-refractivity contribution < 1.29 is 19.1 Å². The summed E-state index contributed by atoms with van der Waals surface area (Å²) in [5, 5.41) is 4.77. The molecule has 0 N–H and O–H groups in total. The molecule has 0 bridgehead atoms. The topological polar surface area (TPSA) is 101 Å². The second-order valence-electron chi connectivity index (χ2n) is 6.92. The predicted molar refractivity (Wildman–Crippen MR) is 102 cm³/mol. The molecule has 0 fully saturated rings. The standard InChI is InChI=1S/C19H21N5O4/c1-5-27-17(25)7-6-13-10-23(18(26)28-19(2,3)4)15-9-21-16(8-14(13)15)24-12-20-11-22-24/h6-12H,5H2,1-4H3. The first-order valence-corrected chi connectivity index (χ1v) is 8.73. The molecular formula is C19H21N5O4. The second-order valence-corrected chi connectivity index (χ2v) is 6.92. The molecule has 9 nitrogen and oxygen atoms in total. The van der Waals surface area contributed by atoms with E-state index in [2.05, 4.69) is 15.1 Å². The normalized spacial score (nSPS) is 11.9. The smallest absolute Gasteiger partial charge is 0.419 e. The van der Waals surface area contributed by atoms with Crippen LogP contribution in [0, 0.1) is 0 Å². The van der Waals surface area contributed by atoms with Crippen LogP contribution >= 0.6 is 0 Å². The number of pyridine rings is 1. The summed E-state index contributed by atoms with van der Waals surface area (Å²) in [5.74, 6) is 0.0592. The third-order valence-electron chi connectivity index (χ3n) is 3.64. The molecule has 0 spiro atoms. The highest BCUT2D eigenvalue weighted by Gasteiger charge is 2.21. The van der Waals surface area contributed by atoms with Gasteiger partial charge in [-0.3, -0.25) is 4.57 Å². The lowest BCUT2D eigenvalue weighted by Crippen LogP contribution is -2.26. The average molecular weight is 383 g/mol. The number of carbonyl (C=O) groups excluding carboxylic acids is 2. The molecule has 3 aromatic heterocycles. The Hall–Kier alpha value is -3.49. The van der Waals surface area contributed by atoms with Crippen LogP contribution in [0.1, 0.15) is 33.3 Å². The Morgan fingerprint density at radius 1 is 1.29 bits per heavy atom. The highest BCUT2D eigenvalue weighted by atomic mass is 16.6. The van der Waals surface area contributed by atoms with Crippen molar-refractivity contribution in [2.75, 3.05) is 6.61 Å². The van der Waals surface area contributed by atoms with Crippen molar-refractivity contribution in [2.45, 2.75) is 33.3 Å². The Bertz CT molecular complexity index is 1030. The maximum absolute atomic E-state index is 12.6. The quantitative estimate of drug-likeness (QED) is 0.504. The van der Waals surface area contributed by atoms with E-state index >= 15 is 0 Å². The van der Waals surface area contributed by atoms with E-state index in [4.69, 9.17) is 9.47 Å². The lowest BCUT2D eigenvalue weighted by Gasteiger charge is -2.19. The molecule has 0 aliphatic carbocycles. The van der Waals surface area contributed by atoms with Gasteiger partial charge in [-0.1, -0.05) is 0 Å². The molecule has 28 heavy (non-hydrogen) atoms. The number of hydrogen-bond donors (Lipinski definition) is 0. The number of carbonyl (C=O) groups is 2. The van der Waals surface area contributed by atoms with Crippen LogP contribution in [0.5, 0.6) is 0 Å². The Morgan fingerprint density at radius 2 is 2.07 bits per heavy atom. The summed E-state index contributed by atoms with van der Waals surface area (Å²) in [4.78, 5) is 32.6. The maximum Gasteiger partial charge on any atom is 0.419 e. The van der Waals surface area contributed by atoms with Crippen molar-refractivity contribution in [3.8, 4) is 5.82 Å². The molecule has 0 unspecified atom stereocenters. The Kier molecular flexibility index (Phi) is 5.25. The third-order valence-corrected chi connectivity index (χ3v) is 3.64. The number of nitrogens with zero attached hydrogens (tertiary/aromatic N) is 5. The van der Waals surface area contributed by atoms with Crippen LogP contribution < -0.4 is 0 Å². The van der Waals surface area contributed by atoms with Gasteiger partial charge in [-0.2, -0.15) is 5.10 Å². The van der Waals surface area contributed by atoms with Gasteiger partial charge in [0.25, 0.3) is 0 Å². The zero-order valence-corrected chi connectivity index (χ0v) is 16.1. The van der Waals surface area contributed by atoms with Crippen LogP contribution in [0.2, 0.25) is 0 Å². The summed E-state index contributed by atoms with van der Waals surface area (Å²) < 4.78 is 13.3. The largest absolute Gasteiger partial charge is 0.463 e. The fourth-order valence-corrected chi connectivity index (χ4v) is 2.53. The molecule has 3 rings (SSSR count). The predicted octanol–water partition coefficient (Wildman–Crippen LogP) is 2.98. The molecule has 0 amide bonds. The van der Waals surface area contributed by atoms with E-state index < -0.39 is 17.7 Å². The van der Waals surface area contributed by atoms with Crippen molar-refractivity contribution >= 4 is 29.0 Å². The summed E-state index contributed by atoms with van der Waals surface area (Å²) in [7, 11) is 0. The first-order chi connectivity index (χ1) is 13.3. The molecule has 0 aromatic carbocycles. The zero-order chi connectivity index (χ0) is 20.3. The van der Waals surface area contributed by atoms with Gasteiger partial charge in [0.2, 0.25) is 0 Å². The molecule has 0 aliphatic heterocycles. The van der Waals surface area contributed by atoms with Gasteiger partial charge >= 0.3 is 12.1 Å². The highest BCUT2D eigenvalue weighted by Crippen LogP contribution is 2.25. The molecule has 146 valence electrons. The number of fused-ring (bicyclic) bond motifs is 1. The van der Waals surface area contributed by atoms with Crippen molar-refractivity contribution in [3.05, 3.63) is 42.8 Å². The Morgan fingerprint density at radius 3 is 2.71 bits per heavy atom. The first-order valence-electron chi connectivity index (χ1n) is 8.73. The summed E-state index contributed by atoms with van der Waals surface area (Å²) in [5.41, 5.74) is 0.530. The lowest BCUT2D eigenvalue weighted by atomic mass is 10.2. The Balaban J connectivity index is 2.09. The van der Waals surface area contributed by atoms with Crippen LogP contribution in [0.15, 0.2) is 37.2 Å². The van der Waals surface area contributed by atoms with Crippen molar-refractivity contribution in [2.24, 2.45) is 0 Å². The van der Waals surface area contributed by atoms with E-state index in [1.54, 1.807) is 52.2 Å².